The van der Waals surface area contributed by atoms with Crippen LogP contribution < -0.4 is 4.74 Å². The highest BCUT2D eigenvalue weighted by Gasteiger charge is 2.16. The number of rotatable bonds is 8. The molecule has 0 radical (unpaired) electrons. The number of aliphatic hydroxyl groups excluding tert-OH is 1. The summed E-state index contributed by atoms with van der Waals surface area (Å²) in [6.45, 7) is 6.31. The Balaban J connectivity index is 1.86. The van der Waals surface area contributed by atoms with Gasteiger partial charge in [0.05, 0.1) is 12.3 Å². The number of hydrogen-bond acceptors (Lipinski definition) is 5. The van der Waals surface area contributed by atoms with E-state index in [1.807, 2.05) is 57.2 Å². The molecule has 0 atom stereocenters. The van der Waals surface area contributed by atoms with E-state index in [0.717, 1.165) is 11.4 Å². The topological polar surface area (TPSA) is 73.6 Å². The lowest BCUT2D eigenvalue weighted by Crippen LogP contribution is -2.24. The average molecular weight is 346 g/mol. The first-order valence-electron chi connectivity index (χ1n) is 8.43. The molecule has 1 aromatic heterocycles. The predicted octanol–water partition coefficient (Wildman–Crippen LogP) is 3.08. The van der Waals surface area contributed by atoms with Crippen molar-refractivity contribution in [2.24, 2.45) is 0 Å². The molecule has 6 nitrogen and oxygen atoms in total. The van der Waals surface area contributed by atoms with Crippen molar-refractivity contribution in [3.05, 3.63) is 47.8 Å². The van der Waals surface area contributed by atoms with Gasteiger partial charge in [-0.2, -0.15) is 5.10 Å². The van der Waals surface area contributed by atoms with Crippen LogP contribution in [0.25, 0.3) is 0 Å². The lowest BCUT2D eigenvalue weighted by atomic mass is 10.2. The second-order valence-electron chi connectivity index (χ2n) is 6.80. The fourth-order valence-corrected chi connectivity index (χ4v) is 2.35. The van der Waals surface area contributed by atoms with Gasteiger partial charge < -0.3 is 14.6 Å². The predicted molar refractivity (Wildman–Crippen MR) is 94.0 cm³/mol. The molecule has 0 bridgehead atoms. The molecule has 0 unspecified atom stereocenters. The number of esters is 1. The van der Waals surface area contributed by atoms with Crippen LogP contribution in [0.5, 0.6) is 5.75 Å². The van der Waals surface area contributed by atoms with Gasteiger partial charge >= 0.3 is 5.97 Å². The van der Waals surface area contributed by atoms with E-state index in [0.29, 0.717) is 31.7 Å². The van der Waals surface area contributed by atoms with Gasteiger partial charge in [0, 0.05) is 13.0 Å². The van der Waals surface area contributed by atoms with E-state index in [1.54, 1.807) is 4.68 Å². The Morgan fingerprint density at radius 1 is 1.24 bits per heavy atom. The maximum atomic E-state index is 11.7. The molecule has 6 heteroatoms. The number of para-hydroxylation sites is 1. The second kappa shape index (κ2) is 8.67. The minimum absolute atomic E-state index is 0.106. The molecule has 136 valence electrons. The van der Waals surface area contributed by atoms with Gasteiger partial charge in [-0.15, -0.1) is 0 Å². The zero-order chi connectivity index (χ0) is 18.3. The van der Waals surface area contributed by atoms with Gasteiger partial charge in [0.15, 0.2) is 0 Å². The summed E-state index contributed by atoms with van der Waals surface area (Å²) in [5.41, 5.74) is 0.974. The zero-order valence-electron chi connectivity index (χ0n) is 15.1. The molecule has 0 saturated heterocycles. The number of aryl methyl sites for hydroxylation is 1. The summed E-state index contributed by atoms with van der Waals surface area (Å²) in [6, 6.07) is 11.3. The lowest BCUT2D eigenvalue weighted by Gasteiger charge is -2.19. The SMILES string of the molecule is CC(C)(C)OC(=O)CCCn1nc(COc2ccccc2)cc1CO. The minimum atomic E-state index is -0.471. The molecular weight excluding hydrogens is 320 g/mol. The van der Waals surface area contributed by atoms with Crippen LogP contribution in [0.2, 0.25) is 0 Å². The van der Waals surface area contributed by atoms with Gasteiger partial charge in [0.2, 0.25) is 0 Å². The molecular formula is C19H26N2O4. The van der Waals surface area contributed by atoms with Crippen molar-refractivity contribution >= 4 is 5.97 Å². The van der Waals surface area contributed by atoms with Crippen molar-refractivity contribution in [1.29, 1.82) is 0 Å². The number of benzene rings is 1. The van der Waals surface area contributed by atoms with Crippen LogP contribution in [0, 0.1) is 0 Å². The first-order chi connectivity index (χ1) is 11.9. The summed E-state index contributed by atoms with van der Waals surface area (Å²) >= 11 is 0. The maximum absolute atomic E-state index is 11.7. The van der Waals surface area contributed by atoms with Crippen LogP contribution in [0.4, 0.5) is 0 Å². The van der Waals surface area contributed by atoms with Crippen LogP contribution in [0.15, 0.2) is 36.4 Å². The molecule has 0 fully saturated rings. The molecule has 1 aromatic carbocycles. The van der Waals surface area contributed by atoms with Gasteiger partial charge in [0.1, 0.15) is 23.7 Å². The van der Waals surface area contributed by atoms with Crippen LogP contribution in [-0.4, -0.2) is 26.5 Å². The van der Waals surface area contributed by atoms with E-state index in [2.05, 4.69) is 5.10 Å². The molecule has 0 aliphatic carbocycles. The van der Waals surface area contributed by atoms with Gasteiger partial charge in [-0.25, -0.2) is 0 Å². The molecule has 1 N–H and O–H groups in total. The van der Waals surface area contributed by atoms with E-state index in [1.165, 1.54) is 0 Å². The molecule has 0 spiro atoms. The molecule has 0 saturated carbocycles. The number of nitrogens with zero attached hydrogens (tertiary/aromatic N) is 2. The van der Waals surface area contributed by atoms with Crippen molar-refractivity contribution in [2.45, 2.75) is 59.0 Å². The van der Waals surface area contributed by atoms with Crippen molar-refractivity contribution in [2.75, 3.05) is 0 Å². The van der Waals surface area contributed by atoms with Gasteiger partial charge in [-0.3, -0.25) is 9.48 Å². The highest BCUT2D eigenvalue weighted by molar-refractivity contribution is 5.69. The Hall–Kier alpha value is -2.34. The molecule has 2 rings (SSSR count). The Bertz CT molecular complexity index is 674. The van der Waals surface area contributed by atoms with E-state index < -0.39 is 5.60 Å². The fraction of sp³-hybridized carbons (Fsp3) is 0.474. The Labute approximate surface area is 148 Å². The number of ether oxygens (including phenoxy) is 2. The summed E-state index contributed by atoms with van der Waals surface area (Å²) in [4.78, 5) is 11.7. The number of hydrogen-bond donors (Lipinski definition) is 1. The third-order valence-corrected chi connectivity index (χ3v) is 3.38. The minimum Gasteiger partial charge on any atom is -0.487 e. The Morgan fingerprint density at radius 2 is 1.96 bits per heavy atom. The smallest absolute Gasteiger partial charge is 0.306 e. The normalized spacial score (nSPS) is 11.4. The molecule has 2 aromatic rings. The monoisotopic (exact) mass is 346 g/mol. The summed E-state index contributed by atoms with van der Waals surface area (Å²) in [5.74, 6) is 0.547. The van der Waals surface area contributed by atoms with E-state index >= 15 is 0 Å². The standard InChI is InChI=1S/C19H26N2O4/c1-19(2,3)25-18(23)10-7-11-21-16(13-22)12-15(20-21)14-24-17-8-5-4-6-9-17/h4-6,8-9,12,22H,7,10-11,13-14H2,1-3H3. The highest BCUT2D eigenvalue weighted by atomic mass is 16.6. The highest BCUT2D eigenvalue weighted by Crippen LogP contribution is 2.14. The molecule has 1 heterocycles. The number of aliphatic hydroxyl groups is 1. The summed E-state index contributed by atoms with van der Waals surface area (Å²) in [6.07, 6.45) is 0.917. The third-order valence-electron chi connectivity index (χ3n) is 3.38. The molecule has 25 heavy (non-hydrogen) atoms. The van der Waals surface area contributed by atoms with Crippen LogP contribution >= 0.6 is 0 Å². The van der Waals surface area contributed by atoms with Crippen molar-refractivity contribution in [3.63, 3.8) is 0 Å². The van der Waals surface area contributed by atoms with Gasteiger partial charge in [-0.05, 0) is 45.4 Å². The van der Waals surface area contributed by atoms with Crippen LogP contribution in [-0.2, 0) is 29.3 Å². The molecule has 0 aliphatic heterocycles. The maximum Gasteiger partial charge on any atom is 0.306 e. The summed E-state index contributed by atoms with van der Waals surface area (Å²) < 4.78 is 12.7. The number of carbonyl (C=O) groups excluding carboxylic acids is 1. The zero-order valence-corrected chi connectivity index (χ0v) is 15.1. The Morgan fingerprint density at radius 3 is 2.60 bits per heavy atom. The first-order valence-corrected chi connectivity index (χ1v) is 8.43. The lowest BCUT2D eigenvalue weighted by molar-refractivity contribution is -0.154. The van der Waals surface area contributed by atoms with Gasteiger partial charge in [-0.1, -0.05) is 18.2 Å². The molecule has 0 amide bonds. The largest absolute Gasteiger partial charge is 0.487 e. The van der Waals surface area contributed by atoms with E-state index in [-0.39, 0.29) is 12.6 Å². The first kappa shape index (κ1) is 19.0. The third kappa shape index (κ3) is 6.58. The van der Waals surface area contributed by atoms with E-state index in [4.69, 9.17) is 9.47 Å². The van der Waals surface area contributed by atoms with Gasteiger partial charge in [0.25, 0.3) is 0 Å². The second-order valence-corrected chi connectivity index (χ2v) is 6.80. The quantitative estimate of drug-likeness (QED) is 0.744. The number of carbonyl (C=O) groups is 1. The van der Waals surface area contributed by atoms with E-state index in [9.17, 15) is 9.90 Å². The van der Waals surface area contributed by atoms with Crippen LogP contribution in [0.1, 0.15) is 45.0 Å². The van der Waals surface area contributed by atoms with Crippen LogP contribution in [0.3, 0.4) is 0 Å². The Kier molecular flexibility index (Phi) is 6.58. The summed E-state index contributed by atoms with van der Waals surface area (Å²) in [5, 5.41) is 13.9. The number of aromatic nitrogens is 2. The summed E-state index contributed by atoms with van der Waals surface area (Å²) in [7, 11) is 0. The van der Waals surface area contributed by atoms with Crippen molar-refractivity contribution in [1.82, 2.24) is 9.78 Å². The van der Waals surface area contributed by atoms with Crippen molar-refractivity contribution < 1.29 is 19.4 Å². The average Bonchev–Trinajstić information content (AvgIpc) is 2.94. The fourth-order valence-electron chi connectivity index (χ4n) is 2.35. The molecule has 0 aliphatic rings. The van der Waals surface area contributed by atoms with Crippen molar-refractivity contribution in [3.8, 4) is 5.75 Å².